The van der Waals surface area contributed by atoms with Crippen molar-refractivity contribution < 1.29 is 21.9 Å². The molecule has 0 radical (unpaired) electrons. The van der Waals surface area contributed by atoms with Crippen LogP contribution in [0.5, 0.6) is 0 Å². The van der Waals surface area contributed by atoms with Crippen molar-refractivity contribution in [1.29, 1.82) is 0 Å². The summed E-state index contributed by atoms with van der Waals surface area (Å²) >= 11 is 0. The second-order valence-corrected chi connectivity index (χ2v) is 0. The van der Waals surface area contributed by atoms with Gasteiger partial charge in [-0.15, -0.1) is 0 Å². The normalized spacial score (nSPS) is 0. The van der Waals surface area contributed by atoms with E-state index in [1.807, 2.05) is 0 Å². The van der Waals surface area contributed by atoms with Crippen LogP contribution in [0.15, 0.2) is 0 Å². The summed E-state index contributed by atoms with van der Waals surface area (Å²) in [7, 11) is 0. The Morgan fingerprint density at radius 2 is 0.333 bits per heavy atom. The van der Waals surface area contributed by atoms with Crippen molar-refractivity contribution in [1.82, 2.24) is 0 Å². The molecule has 0 saturated carbocycles. The van der Waals surface area contributed by atoms with E-state index in [1.54, 1.807) is 0 Å². The van der Waals surface area contributed by atoms with E-state index in [1.165, 1.54) is 0 Å². The third-order valence-electron chi connectivity index (χ3n) is 0. The molecule has 4 nitrogen and oxygen atoms in total. The summed E-state index contributed by atoms with van der Waals surface area (Å²) in [6, 6.07) is 0. The monoisotopic (exact) mass is 152 g/mol. The summed E-state index contributed by atoms with van der Waals surface area (Å²) in [5.74, 6) is 0. The molecule has 0 heterocycles. The van der Waals surface area contributed by atoms with Gasteiger partial charge in [0.2, 0.25) is 0 Å². The molecule has 0 atom stereocenters. The van der Waals surface area contributed by atoms with Crippen LogP contribution < -0.4 is 0 Å². The minimum atomic E-state index is 0. The van der Waals surface area contributed by atoms with Crippen molar-refractivity contribution in [3.63, 3.8) is 0 Å². The van der Waals surface area contributed by atoms with E-state index in [0.29, 0.717) is 0 Å². The van der Waals surface area contributed by atoms with Crippen molar-refractivity contribution in [2.45, 2.75) is 0 Å². The summed E-state index contributed by atoms with van der Waals surface area (Å²) in [5, 5.41) is 0. The van der Waals surface area contributed by atoms with E-state index in [-0.39, 0.29) is 125 Å². The Morgan fingerprint density at radius 3 is 0.333 bits per heavy atom. The van der Waals surface area contributed by atoms with E-state index in [4.69, 9.17) is 0 Å². The van der Waals surface area contributed by atoms with Gasteiger partial charge in [-0.05, 0) is 0 Å². The molecule has 6 heteroatoms. The Labute approximate surface area is 121 Å². The molecule has 0 aromatic heterocycles. The van der Waals surface area contributed by atoms with Gasteiger partial charge < -0.3 is 21.9 Å². The van der Waals surface area contributed by atoms with Crippen LogP contribution >= 0.6 is 0 Å². The first-order valence-corrected chi connectivity index (χ1v) is 0. The molecule has 0 fully saturated rings. The maximum absolute atomic E-state index is 0. The van der Waals surface area contributed by atoms with E-state index < -0.39 is 0 Å². The van der Waals surface area contributed by atoms with Gasteiger partial charge in [0.15, 0.2) is 0 Å². The fourth-order valence-electron chi connectivity index (χ4n) is 0. The number of hydrogen-bond donors (Lipinski definition) is 0. The van der Waals surface area contributed by atoms with E-state index in [2.05, 4.69) is 0 Å². The van der Waals surface area contributed by atoms with Crippen LogP contribution in [0.3, 0.4) is 0 Å². The van der Waals surface area contributed by atoms with Gasteiger partial charge in [-0.25, -0.2) is 0 Å². The van der Waals surface area contributed by atoms with Gasteiger partial charge in [0.25, 0.3) is 0 Å². The van der Waals surface area contributed by atoms with E-state index in [9.17, 15) is 0 Å². The van der Waals surface area contributed by atoms with E-state index in [0.717, 1.165) is 0 Å². The Morgan fingerprint density at radius 1 is 0.333 bits per heavy atom. The average Bonchev–Trinajstić information content (AvgIpc) is 0. The van der Waals surface area contributed by atoms with Crippen LogP contribution in [-0.2, 0) is 0 Å². The molecule has 0 unspecified atom stereocenters. The fourth-order valence-corrected chi connectivity index (χ4v) is 0. The third kappa shape index (κ3) is 27.4. The second kappa shape index (κ2) is 42.4. The zero-order valence-electron chi connectivity index (χ0n) is 2.00. The van der Waals surface area contributed by atoms with Gasteiger partial charge >= 0.3 is 103 Å². The molecular weight excluding hydrogens is 142 g/mol. The first-order valence-electron chi connectivity index (χ1n) is 0. The molecule has 0 spiro atoms. The standard InChI is InChI=1S/2K.4H2O.2H/h;;4*1H2;;. The fraction of sp³-hybridized carbons (Fsp3) is 0. The molecule has 0 bridgehead atoms. The van der Waals surface area contributed by atoms with Crippen molar-refractivity contribution in [3.8, 4) is 0 Å². The molecule has 6 heavy (non-hydrogen) atoms. The van der Waals surface area contributed by atoms with E-state index >= 15 is 0 Å². The van der Waals surface area contributed by atoms with Crippen molar-refractivity contribution in [2.75, 3.05) is 0 Å². The predicted molar refractivity (Wildman–Crippen MR) is 28.8 cm³/mol. The van der Waals surface area contributed by atoms with Crippen molar-refractivity contribution in [2.24, 2.45) is 0 Å². The molecule has 8 N–H and O–H groups in total. The number of rotatable bonds is 0. The van der Waals surface area contributed by atoms with Crippen molar-refractivity contribution in [3.05, 3.63) is 0 Å². The first kappa shape index (κ1) is 61.9. The zero-order chi connectivity index (χ0) is 0. The molecule has 0 amide bonds. The van der Waals surface area contributed by atoms with Gasteiger partial charge in [-0.1, -0.05) is 0 Å². The molecule has 36 valence electrons. The molecule has 0 rings (SSSR count). The topological polar surface area (TPSA) is 126 Å². The van der Waals surface area contributed by atoms with Crippen LogP contribution in [0, 0.1) is 0 Å². The molecule has 0 saturated heterocycles. The Kier molecular flexibility index (Phi) is 437. The van der Waals surface area contributed by atoms with Gasteiger partial charge in [0, 0.05) is 0 Å². The molecular formula is H10K2O4. The number of hydrogen-bond acceptors (Lipinski definition) is 0. The van der Waals surface area contributed by atoms with Crippen LogP contribution in [-0.4, -0.2) is 125 Å². The van der Waals surface area contributed by atoms with Crippen LogP contribution in [0.1, 0.15) is 0 Å². The first-order chi connectivity index (χ1) is 0. The Bertz CT molecular complexity index is 5.51. The SMILES string of the molecule is O.O.O.O.[KH].[KH]. The molecule has 0 aliphatic heterocycles. The Hall–Kier alpha value is 3.11. The van der Waals surface area contributed by atoms with Gasteiger partial charge in [0.05, 0.1) is 0 Å². The summed E-state index contributed by atoms with van der Waals surface area (Å²) in [6.45, 7) is 0. The van der Waals surface area contributed by atoms with Crippen LogP contribution in [0.25, 0.3) is 0 Å². The summed E-state index contributed by atoms with van der Waals surface area (Å²) < 4.78 is 0. The second-order valence-electron chi connectivity index (χ2n) is 0. The van der Waals surface area contributed by atoms with Gasteiger partial charge in [-0.2, -0.15) is 0 Å². The molecule has 0 aliphatic carbocycles. The maximum atomic E-state index is 0. The molecule has 0 aromatic rings. The molecule has 0 aliphatic rings. The zero-order valence-corrected chi connectivity index (χ0v) is 2.00. The quantitative estimate of drug-likeness (QED) is 0.310. The molecule has 0 aromatic carbocycles. The summed E-state index contributed by atoms with van der Waals surface area (Å²) in [4.78, 5) is 0. The predicted octanol–water partition coefficient (Wildman–Crippen LogP) is -4.60. The third-order valence-corrected chi connectivity index (χ3v) is 0. The van der Waals surface area contributed by atoms with Gasteiger partial charge in [-0.3, -0.25) is 0 Å². The van der Waals surface area contributed by atoms with Crippen molar-refractivity contribution >= 4 is 103 Å². The van der Waals surface area contributed by atoms with Gasteiger partial charge in [0.1, 0.15) is 0 Å². The van der Waals surface area contributed by atoms with Crippen LogP contribution in [0.2, 0.25) is 0 Å². The average molecular weight is 152 g/mol. The summed E-state index contributed by atoms with van der Waals surface area (Å²) in [6.07, 6.45) is 0. The Balaban J connectivity index is 0. The van der Waals surface area contributed by atoms with Crippen LogP contribution in [0.4, 0.5) is 0 Å². The minimum absolute atomic E-state index is 0. The summed E-state index contributed by atoms with van der Waals surface area (Å²) in [5.41, 5.74) is 0.